The highest BCUT2D eigenvalue weighted by atomic mass is 35.7. The van der Waals surface area contributed by atoms with Gasteiger partial charge in [-0.15, -0.1) is 28.7 Å². The number of hydrogen-bond acceptors (Lipinski definition) is 1. The molecule has 0 N–H and O–H groups in total. The molecule has 0 aliphatic heterocycles. The Morgan fingerprint density at radius 3 is 2.18 bits per heavy atom. The molecule has 0 aliphatic rings. The molecule has 0 aromatic carbocycles. The molecule has 0 spiro atoms. The van der Waals surface area contributed by atoms with E-state index in [1.807, 2.05) is 12.6 Å². The summed E-state index contributed by atoms with van der Waals surface area (Å²) in [4.78, 5) is 0. The van der Waals surface area contributed by atoms with Gasteiger partial charge in [0.05, 0.1) is 0 Å². The molecule has 0 aromatic heterocycles. The lowest BCUT2D eigenvalue weighted by Gasteiger charge is -2.34. The molecule has 0 bridgehead atoms. The summed E-state index contributed by atoms with van der Waals surface area (Å²) in [5, 5.41) is 0. The van der Waals surface area contributed by atoms with E-state index in [-0.39, 0.29) is 0 Å². The molecule has 1 atom stereocenters. The second kappa shape index (κ2) is 7.50. The lowest BCUT2D eigenvalue weighted by molar-refractivity contribution is 0.533. The molecule has 0 saturated heterocycles. The Labute approximate surface area is 120 Å². The molecule has 0 fully saturated rings. The van der Waals surface area contributed by atoms with Crippen molar-refractivity contribution in [2.45, 2.75) is 57.2 Å². The topological polar surface area (TPSA) is 9.23 Å². The van der Waals surface area contributed by atoms with Gasteiger partial charge in [0.25, 0.3) is 0 Å². The van der Waals surface area contributed by atoms with Crippen molar-refractivity contribution in [3.8, 4) is 0 Å². The average molecular weight is 329 g/mol. The van der Waals surface area contributed by atoms with Crippen molar-refractivity contribution in [3.63, 3.8) is 0 Å². The van der Waals surface area contributed by atoms with Crippen LogP contribution in [-0.4, -0.2) is 24.1 Å². The molecule has 0 heterocycles. The van der Waals surface area contributed by atoms with Crippen LogP contribution in [0.3, 0.4) is 0 Å². The summed E-state index contributed by atoms with van der Waals surface area (Å²) in [6, 6.07) is 0.952. The third-order valence-electron chi connectivity index (χ3n) is 2.91. The fraction of sp³-hybridized carbons (Fsp3) is 0.818. The van der Waals surface area contributed by atoms with E-state index in [9.17, 15) is 0 Å². The van der Waals surface area contributed by atoms with Crippen LogP contribution >= 0.6 is 22.2 Å². The minimum absolute atomic E-state index is 0.597. The average Bonchev–Trinajstić information content (AvgIpc) is 2.07. The van der Waals surface area contributed by atoms with Crippen LogP contribution in [0.15, 0.2) is 12.7 Å². The van der Waals surface area contributed by atoms with E-state index >= 15 is 0 Å². The first kappa shape index (κ1) is 17.9. The van der Waals surface area contributed by atoms with Gasteiger partial charge in [0.1, 0.15) is 0 Å². The van der Waals surface area contributed by atoms with Gasteiger partial charge in [0.15, 0.2) is 17.4 Å². The molecule has 1 nitrogen and oxygen atoms in total. The maximum absolute atomic E-state index is 6.28. The standard InChI is InChI=1S/C11H26Cl2OSi3/c1-7-8-11(9-10-17(6,12)13)16(4,5)14-15(2)3/h7,11,15H,1,8-10H2,2-6H3. The molecule has 6 heteroatoms. The van der Waals surface area contributed by atoms with Gasteiger partial charge in [0.2, 0.25) is 6.69 Å². The van der Waals surface area contributed by atoms with Crippen molar-refractivity contribution in [3.05, 3.63) is 12.7 Å². The fourth-order valence-corrected chi connectivity index (χ4v) is 11.1. The Hall–Kier alpha value is 0.931. The number of halogens is 2. The van der Waals surface area contributed by atoms with E-state index in [1.165, 1.54) is 0 Å². The molecule has 0 aliphatic carbocycles. The SMILES string of the molecule is C=CCC(CC[Si](C)(Cl)Cl)[Si](C)(C)O[SiH](C)C. The zero-order chi connectivity index (χ0) is 13.7. The highest BCUT2D eigenvalue weighted by Gasteiger charge is 2.35. The van der Waals surface area contributed by atoms with Gasteiger partial charge in [0, 0.05) is 0 Å². The van der Waals surface area contributed by atoms with Crippen LogP contribution in [0, 0.1) is 0 Å². The lowest BCUT2D eigenvalue weighted by atomic mass is 10.2. The molecular formula is C11H26Cl2OSi3. The van der Waals surface area contributed by atoms with E-state index in [1.54, 1.807) is 0 Å². The summed E-state index contributed by atoms with van der Waals surface area (Å²) in [6.07, 6.45) is 4.12. The van der Waals surface area contributed by atoms with E-state index in [2.05, 4.69) is 32.8 Å². The van der Waals surface area contributed by atoms with Crippen LogP contribution in [-0.2, 0) is 4.12 Å². The summed E-state index contributed by atoms with van der Waals surface area (Å²) >= 11 is 12.4. The second-order valence-electron chi connectivity index (χ2n) is 5.60. The predicted molar refractivity (Wildman–Crippen MR) is 88.8 cm³/mol. The normalized spacial score (nSPS) is 15.1. The van der Waals surface area contributed by atoms with Crippen LogP contribution < -0.4 is 0 Å². The van der Waals surface area contributed by atoms with Crippen molar-refractivity contribution in [1.82, 2.24) is 0 Å². The van der Waals surface area contributed by atoms with E-state index in [4.69, 9.17) is 26.3 Å². The molecule has 17 heavy (non-hydrogen) atoms. The Kier molecular flexibility index (Phi) is 7.91. The van der Waals surface area contributed by atoms with Gasteiger partial charge < -0.3 is 4.12 Å². The number of hydrogen-bond donors (Lipinski definition) is 0. The molecule has 0 saturated carbocycles. The van der Waals surface area contributed by atoms with Gasteiger partial charge in [-0.25, -0.2) is 0 Å². The van der Waals surface area contributed by atoms with Gasteiger partial charge in [-0.05, 0) is 50.7 Å². The van der Waals surface area contributed by atoms with Crippen molar-refractivity contribution in [1.29, 1.82) is 0 Å². The summed E-state index contributed by atoms with van der Waals surface area (Å²) < 4.78 is 6.28. The Morgan fingerprint density at radius 2 is 1.82 bits per heavy atom. The Bertz CT molecular complexity index is 239. The zero-order valence-electron chi connectivity index (χ0n) is 11.7. The Morgan fingerprint density at radius 1 is 1.29 bits per heavy atom. The zero-order valence-corrected chi connectivity index (χ0v) is 16.4. The largest absolute Gasteiger partial charge is 0.458 e. The van der Waals surface area contributed by atoms with Gasteiger partial charge in [-0.2, -0.15) is 0 Å². The first-order chi connectivity index (χ1) is 7.58. The van der Waals surface area contributed by atoms with E-state index in [0.717, 1.165) is 18.9 Å². The third kappa shape index (κ3) is 8.62. The molecule has 0 aromatic rings. The molecule has 0 radical (unpaired) electrons. The second-order valence-corrected chi connectivity index (χ2v) is 20.9. The summed E-state index contributed by atoms with van der Waals surface area (Å²) in [7, 11) is -2.59. The van der Waals surface area contributed by atoms with Crippen LogP contribution in [0.4, 0.5) is 0 Å². The highest BCUT2D eigenvalue weighted by molar-refractivity contribution is 7.44. The summed E-state index contributed by atoms with van der Waals surface area (Å²) in [5.74, 6) is 0. The lowest BCUT2D eigenvalue weighted by Crippen LogP contribution is -2.40. The van der Waals surface area contributed by atoms with Crippen molar-refractivity contribution in [2.24, 2.45) is 0 Å². The molecule has 102 valence electrons. The van der Waals surface area contributed by atoms with Crippen LogP contribution in [0.5, 0.6) is 0 Å². The summed E-state index contributed by atoms with van der Waals surface area (Å²) in [5.41, 5.74) is 0.597. The maximum Gasteiger partial charge on any atom is 0.248 e. The van der Waals surface area contributed by atoms with Gasteiger partial charge >= 0.3 is 0 Å². The molecule has 0 rings (SSSR count). The van der Waals surface area contributed by atoms with Crippen molar-refractivity contribution >= 4 is 46.2 Å². The van der Waals surface area contributed by atoms with E-state index < -0.39 is 24.1 Å². The van der Waals surface area contributed by atoms with E-state index in [0.29, 0.717) is 5.54 Å². The smallest absolute Gasteiger partial charge is 0.248 e. The van der Waals surface area contributed by atoms with Crippen LogP contribution in [0.2, 0.25) is 44.3 Å². The third-order valence-corrected chi connectivity index (χ3v) is 12.0. The predicted octanol–water partition coefficient (Wildman–Crippen LogP) is 5.08. The van der Waals surface area contributed by atoms with Crippen LogP contribution in [0.25, 0.3) is 0 Å². The van der Waals surface area contributed by atoms with Crippen molar-refractivity contribution < 1.29 is 4.12 Å². The monoisotopic (exact) mass is 328 g/mol. The van der Waals surface area contributed by atoms with Crippen LogP contribution in [0.1, 0.15) is 12.8 Å². The summed E-state index contributed by atoms with van der Waals surface area (Å²) in [6.45, 7) is 13.0. The first-order valence-corrected chi connectivity index (χ1v) is 16.7. The van der Waals surface area contributed by atoms with Gasteiger partial charge in [-0.1, -0.05) is 12.5 Å². The maximum atomic E-state index is 6.28. The highest BCUT2D eigenvalue weighted by Crippen LogP contribution is 2.36. The molecular weight excluding hydrogens is 303 g/mol. The minimum atomic E-state index is -1.98. The first-order valence-electron chi connectivity index (χ1n) is 6.25. The fourth-order valence-electron chi connectivity index (χ4n) is 2.08. The van der Waals surface area contributed by atoms with Crippen molar-refractivity contribution in [2.75, 3.05) is 0 Å². The molecule has 1 unspecified atom stereocenters. The quantitative estimate of drug-likeness (QED) is 0.343. The minimum Gasteiger partial charge on any atom is -0.458 e. The molecule has 0 amide bonds. The van der Waals surface area contributed by atoms with Gasteiger partial charge in [-0.3, -0.25) is 0 Å². The number of allylic oxidation sites excluding steroid dienone is 1. The number of rotatable bonds is 8. The Balaban J connectivity index is 4.54.